The van der Waals surface area contributed by atoms with Crippen molar-refractivity contribution in [2.75, 3.05) is 6.61 Å². The number of rotatable bonds is 6. The Morgan fingerprint density at radius 2 is 2.05 bits per heavy atom. The van der Waals surface area contributed by atoms with E-state index in [1.54, 1.807) is 6.92 Å². The van der Waals surface area contributed by atoms with Crippen molar-refractivity contribution in [3.63, 3.8) is 0 Å². The Kier molecular flexibility index (Phi) is 5.45. The van der Waals surface area contributed by atoms with Crippen LogP contribution in [0, 0.1) is 0 Å². The topological polar surface area (TPSA) is 72.3 Å². The fraction of sp³-hybridized carbons (Fsp3) is 0.267. The molecular formula is C15H16N2O3S. The van der Waals surface area contributed by atoms with E-state index in [0.29, 0.717) is 5.01 Å². The number of carbonyl (C=O) groups is 1. The standard InChI is InChI=1S/C15H16N2O3S/c1-2-20-15(19)12(18)10-14-17-16-13(21-14)9-8-11-6-4-3-5-7-11/h3-7,10,18H,2,8-9H2,1H3/b12-10-. The highest BCUT2D eigenvalue weighted by Crippen LogP contribution is 2.15. The summed E-state index contributed by atoms with van der Waals surface area (Å²) in [7, 11) is 0. The molecule has 1 N–H and O–H groups in total. The number of aryl methyl sites for hydroxylation is 2. The van der Waals surface area contributed by atoms with Crippen molar-refractivity contribution in [2.45, 2.75) is 19.8 Å². The lowest BCUT2D eigenvalue weighted by molar-refractivity contribution is -0.141. The molecule has 0 unspecified atom stereocenters. The van der Waals surface area contributed by atoms with Crippen LogP contribution in [0.15, 0.2) is 36.1 Å². The third-order valence-corrected chi connectivity index (χ3v) is 3.63. The minimum Gasteiger partial charge on any atom is -0.502 e. The Hall–Kier alpha value is -2.21. The quantitative estimate of drug-likeness (QED) is 0.505. The molecule has 0 saturated heterocycles. The summed E-state index contributed by atoms with van der Waals surface area (Å²) in [5.74, 6) is -1.21. The molecule has 0 fully saturated rings. The maximum atomic E-state index is 11.3. The summed E-state index contributed by atoms with van der Waals surface area (Å²) >= 11 is 1.35. The van der Waals surface area contributed by atoms with E-state index >= 15 is 0 Å². The maximum Gasteiger partial charge on any atom is 0.373 e. The number of hydrogen-bond acceptors (Lipinski definition) is 6. The second-order valence-corrected chi connectivity index (χ2v) is 5.36. The minimum absolute atomic E-state index is 0.217. The molecule has 2 aromatic rings. The van der Waals surface area contributed by atoms with Gasteiger partial charge in [-0.3, -0.25) is 0 Å². The van der Waals surface area contributed by atoms with Crippen LogP contribution in [0.4, 0.5) is 0 Å². The molecule has 0 spiro atoms. The van der Waals surface area contributed by atoms with E-state index in [1.165, 1.54) is 23.0 Å². The molecule has 0 radical (unpaired) electrons. The van der Waals surface area contributed by atoms with Crippen LogP contribution in [-0.4, -0.2) is 27.9 Å². The number of aliphatic hydroxyl groups excluding tert-OH is 1. The predicted octanol–water partition coefficient (Wildman–Crippen LogP) is 2.79. The number of benzene rings is 1. The van der Waals surface area contributed by atoms with Crippen LogP contribution in [0.1, 0.15) is 22.5 Å². The smallest absolute Gasteiger partial charge is 0.373 e. The van der Waals surface area contributed by atoms with Crippen LogP contribution in [-0.2, 0) is 22.4 Å². The van der Waals surface area contributed by atoms with Crippen LogP contribution >= 0.6 is 11.3 Å². The van der Waals surface area contributed by atoms with E-state index < -0.39 is 11.7 Å². The zero-order chi connectivity index (χ0) is 15.1. The Morgan fingerprint density at radius 3 is 2.76 bits per heavy atom. The molecule has 0 atom stereocenters. The van der Waals surface area contributed by atoms with Crippen LogP contribution < -0.4 is 0 Å². The van der Waals surface area contributed by atoms with Gasteiger partial charge in [0.25, 0.3) is 0 Å². The minimum atomic E-state index is -0.751. The van der Waals surface area contributed by atoms with E-state index in [2.05, 4.69) is 27.1 Å². The molecular weight excluding hydrogens is 288 g/mol. The third kappa shape index (κ3) is 4.68. The van der Waals surface area contributed by atoms with Crippen molar-refractivity contribution in [2.24, 2.45) is 0 Å². The first-order valence-corrected chi connectivity index (χ1v) is 7.44. The average molecular weight is 304 g/mol. The van der Waals surface area contributed by atoms with Crippen LogP contribution in [0.3, 0.4) is 0 Å². The predicted molar refractivity (Wildman–Crippen MR) is 81.0 cm³/mol. The van der Waals surface area contributed by atoms with Gasteiger partial charge in [-0.25, -0.2) is 4.79 Å². The summed E-state index contributed by atoms with van der Waals surface area (Å²) in [6.07, 6.45) is 2.93. The second kappa shape index (κ2) is 7.54. The van der Waals surface area contributed by atoms with E-state index in [-0.39, 0.29) is 6.61 Å². The van der Waals surface area contributed by atoms with Gasteiger partial charge < -0.3 is 9.84 Å². The van der Waals surface area contributed by atoms with Crippen molar-refractivity contribution in [1.82, 2.24) is 10.2 Å². The molecule has 21 heavy (non-hydrogen) atoms. The zero-order valence-electron chi connectivity index (χ0n) is 11.7. The number of carbonyl (C=O) groups excluding carboxylic acids is 1. The molecule has 0 aliphatic heterocycles. The maximum absolute atomic E-state index is 11.3. The number of aromatic nitrogens is 2. The van der Waals surface area contributed by atoms with Gasteiger partial charge in [0, 0.05) is 12.5 Å². The lowest BCUT2D eigenvalue weighted by atomic mass is 10.1. The first-order valence-electron chi connectivity index (χ1n) is 6.63. The molecule has 0 bridgehead atoms. The number of aliphatic hydroxyl groups is 1. The van der Waals surface area contributed by atoms with Crippen molar-refractivity contribution in [1.29, 1.82) is 0 Å². The highest BCUT2D eigenvalue weighted by molar-refractivity contribution is 7.12. The fourth-order valence-corrected chi connectivity index (χ4v) is 2.48. The summed E-state index contributed by atoms with van der Waals surface area (Å²) < 4.78 is 4.69. The second-order valence-electron chi connectivity index (χ2n) is 4.27. The summed E-state index contributed by atoms with van der Waals surface area (Å²) in [4.78, 5) is 11.3. The average Bonchev–Trinajstić information content (AvgIpc) is 2.94. The van der Waals surface area contributed by atoms with Gasteiger partial charge in [-0.1, -0.05) is 41.7 Å². The third-order valence-electron chi connectivity index (χ3n) is 2.70. The van der Waals surface area contributed by atoms with Crippen molar-refractivity contribution >= 4 is 23.4 Å². The van der Waals surface area contributed by atoms with Gasteiger partial charge in [-0.2, -0.15) is 0 Å². The normalized spacial score (nSPS) is 11.4. The molecule has 1 aromatic heterocycles. The van der Waals surface area contributed by atoms with Crippen LogP contribution in [0.25, 0.3) is 6.08 Å². The van der Waals surface area contributed by atoms with Gasteiger partial charge in [-0.15, -0.1) is 10.2 Å². The Balaban J connectivity index is 1.95. The van der Waals surface area contributed by atoms with Gasteiger partial charge in [-0.05, 0) is 18.9 Å². The SMILES string of the molecule is CCOC(=O)/C(O)=C/c1nnc(CCc2ccccc2)s1. The summed E-state index contributed by atoms with van der Waals surface area (Å²) in [6, 6.07) is 10.1. The van der Waals surface area contributed by atoms with E-state index in [4.69, 9.17) is 0 Å². The Bertz CT molecular complexity index is 623. The first-order chi connectivity index (χ1) is 10.2. The lowest BCUT2D eigenvalue weighted by Gasteiger charge is -1.98. The summed E-state index contributed by atoms with van der Waals surface area (Å²) in [5.41, 5.74) is 1.24. The van der Waals surface area contributed by atoms with Crippen LogP contribution in [0.5, 0.6) is 0 Å². The van der Waals surface area contributed by atoms with Gasteiger partial charge in [0.15, 0.2) is 0 Å². The Labute approximate surface area is 126 Å². The summed E-state index contributed by atoms with van der Waals surface area (Å²) in [6.45, 7) is 1.90. The zero-order valence-corrected chi connectivity index (χ0v) is 12.5. The molecule has 2 rings (SSSR count). The van der Waals surface area contributed by atoms with Crippen molar-refractivity contribution < 1.29 is 14.6 Å². The Morgan fingerprint density at radius 1 is 1.29 bits per heavy atom. The first kappa shape index (κ1) is 15.2. The number of hydrogen-bond donors (Lipinski definition) is 1. The molecule has 0 saturated carbocycles. The molecule has 0 aliphatic rings. The van der Waals surface area contributed by atoms with Gasteiger partial charge in [0.05, 0.1) is 6.61 Å². The van der Waals surface area contributed by atoms with E-state index in [0.717, 1.165) is 17.8 Å². The molecule has 1 heterocycles. The molecule has 110 valence electrons. The van der Waals surface area contributed by atoms with Gasteiger partial charge >= 0.3 is 5.97 Å². The van der Waals surface area contributed by atoms with Gasteiger partial charge in [0.2, 0.25) is 5.76 Å². The molecule has 6 heteroatoms. The number of esters is 1. The number of nitrogens with zero attached hydrogens (tertiary/aromatic N) is 2. The lowest BCUT2D eigenvalue weighted by Crippen LogP contribution is -2.06. The van der Waals surface area contributed by atoms with E-state index in [1.807, 2.05) is 18.2 Å². The van der Waals surface area contributed by atoms with Crippen molar-refractivity contribution in [3.8, 4) is 0 Å². The highest BCUT2D eigenvalue weighted by atomic mass is 32.1. The van der Waals surface area contributed by atoms with Crippen molar-refractivity contribution in [3.05, 3.63) is 51.7 Å². The number of ether oxygens (including phenoxy) is 1. The van der Waals surface area contributed by atoms with Crippen LogP contribution in [0.2, 0.25) is 0 Å². The highest BCUT2D eigenvalue weighted by Gasteiger charge is 2.10. The summed E-state index contributed by atoms with van der Waals surface area (Å²) in [5, 5.41) is 18.9. The molecule has 0 aliphatic carbocycles. The van der Waals surface area contributed by atoms with E-state index in [9.17, 15) is 9.90 Å². The fourth-order valence-electron chi connectivity index (χ4n) is 1.70. The van der Waals surface area contributed by atoms with Gasteiger partial charge in [0.1, 0.15) is 10.0 Å². The monoisotopic (exact) mass is 304 g/mol. The molecule has 5 nitrogen and oxygen atoms in total. The largest absolute Gasteiger partial charge is 0.502 e. The molecule has 1 aromatic carbocycles. The molecule has 0 amide bonds.